The van der Waals surface area contributed by atoms with Gasteiger partial charge in [0.05, 0.1) is 5.92 Å². The van der Waals surface area contributed by atoms with Gasteiger partial charge >= 0.3 is 0 Å². The van der Waals surface area contributed by atoms with Crippen LogP contribution in [0, 0.1) is 11.3 Å². The quantitative estimate of drug-likeness (QED) is 0.600. The molecular weight excluding hydrogens is 240 g/mol. The molecule has 0 aromatic rings. The number of ether oxygens (including phenoxy) is 1. The number of hydrogen-bond acceptors (Lipinski definition) is 3. The Hall–Kier alpha value is -0.610. The first-order valence-electron chi connectivity index (χ1n) is 7.46. The highest BCUT2D eigenvalue weighted by molar-refractivity contribution is 5.78. The highest BCUT2D eigenvalue weighted by Gasteiger charge is 2.23. The van der Waals surface area contributed by atoms with Crippen LogP contribution in [0.3, 0.4) is 0 Å². The molecule has 1 amide bonds. The Morgan fingerprint density at radius 3 is 2.42 bits per heavy atom. The number of carbonyl (C=O) groups is 1. The van der Waals surface area contributed by atoms with Crippen LogP contribution in [0.2, 0.25) is 0 Å². The van der Waals surface area contributed by atoms with Crippen molar-refractivity contribution in [2.24, 2.45) is 17.1 Å². The summed E-state index contributed by atoms with van der Waals surface area (Å²) in [5.74, 6) is -0.00741. The van der Waals surface area contributed by atoms with Crippen LogP contribution in [-0.4, -0.2) is 32.2 Å². The SMILES string of the molecule is CCCCOCCCNC(=O)C(CN)CC(C)(C)C. The van der Waals surface area contributed by atoms with E-state index in [2.05, 4.69) is 33.0 Å². The molecule has 3 N–H and O–H groups in total. The summed E-state index contributed by atoms with van der Waals surface area (Å²) in [5, 5.41) is 2.95. The van der Waals surface area contributed by atoms with Crippen molar-refractivity contribution < 1.29 is 9.53 Å². The van der Waals surface area contributed by atoms with Crippen LogP contribution in [-0.2, 0) is 9.53 Å². The van der Waals surface area contributed by atoms with Crippen LogP contribution < -0.4 is 11.1 Å². The third-order valence-electron chi connectivity index (χ3n) is 2.92. The van der Waals surface area contributed by atoms with E-state index in [1.54, 1.807) is 0 Å². The second-order valence-electron chi connectivity index (χ2n) is 6.31. The molecule has 0 aromatic heterocycles. The van der Waals surface area contributed by atoms with Crippen LogP contribution in [0.4, 0.5) is 0 Å². The predicted molar refractivity (Wildman–Crippen MR) is 80.0 cm³/mol. The third-order valence-corrected chi connectivity index (χ3v) is 2.92. The van der Waals surface area contributed by atoms with Crippen molar-refractivity contribution in [3.8, 4) is 0 Å². The molecule has 1 atom stereocenters. The van der Waals surface area contributed by atoms with Crippen molar-refractivity contribution in [3.05, 3.63) is 0 Å². The van der Waals surface area contributed by atoms with E-state index in [0.29, 0.717) is 19.7 Å². The average molecular weight is 272 g/mol. The summed E-state index contributed by atoms with van der Waals surface area (Å²) in [6, 6.07) is 0. The second kappa shape index (κ2) is 10.2. The lowest BCUT2D eigenvalue weighted by molar-refractivity contribution is -0.125. The molecule has 19 heavy (non-hydrogen) atoms. The first-order valence-corrected chi connectivity index (χ1v) is 7.46. The van der Waals surface area contributed by atoms with Crippen LogP contribution in [0.1, 0.15) is 53.4 Å². The van der Waals surface area contributed by atoms with E-state index in [1.807, 2.05) is 0 Å². The zero-order chi connectivity index (χ0) is 14.7. The van der Waals surface area contributed by atoms with Crippen molar-refractivity contribution in [3.63, 3.8) is 0 Å². The lowest BCUT2D eigenvalue weighted by atomic mass is 9.84. The number of carbonyl (C=O) groups excluding carboxylic acids is 1. The van der Waals surface area contributed by atoms with Crippen LogP contribution >= 0.6 is 0 Å². The molecule has 4 heteroatoms. The lowest BCUT2D eigenvalue weighted by Gasteiger charge is -2.24. The monoisotopic (exact) mass is 272 g/mol. The molecule has 4 nitrogen and oxygen atoms in total. The van der Waals surface area contributed by atoms with E-state index in [4.69, 9.17) is 10.5 Å². The third kappa shape index (κ3) is 11.0. The molecule has 0 radical (unpaired) electrons. The summed E-state index contributed by atoms with van der Waals surface area (Å²) in [6.07, 6.45) is 3.94. The molecule has 0 aliphatic carbocycles. The summed E-state index contributed by atoms with van der Waals surface area (Å²) in [5.41, 5.74) is 5.81. The second-order valence-corrected chi connectivity index (χ2v) is 6.31. The fourth-order valence-corrected chi connectivity index (χ4v) is 1.90. The van der Waals surface area contributed by atoms with Gasteiger partial charge in [0.2, 0.25) is 5.91 Å². The van der Waals surface area contributed by atoms with Crippen LogP contribution in [0.5, 0.6) is 0 Å². The predicted octanol–water partition coefficient (Wildman–Crippen LogP) is 2.32. The summed E-state index contributed by atoms with van der Waals surface area (Å²) < 4.78 is 5.45. The molecule has 0 aliphatic rings. The Morgan fingerprint density at radius 2 is 1.89 bits per heavy atom. The molecule has 114 valence electrons. The van der Waals surface area contributed by atoms with E-state index < -0.39 is 0 Å². The number of amides is 1. The minimum Gasteiger partial charge on any atom is -0.381 e. The first-order chi connectivity index (χ1) is 8.90. The maximum Gasteiger partial charge on any atom is 0.224 e. The van der Waals surface area contributed by atoms with Crippen molar-refractivity contribution in [1.82, 2.24) is 5.32 Å². The Balaban J connectivity index is 3.71. The normalized spacial score (nSPS) is 13.3. The van der Waals surface area contributed by atoms with Gasteiger partial charge in [0.1, 0.15) is 0 Å². The van der Waals surface area contributed by atoms with Crippen LogP contribution in [0.25, 0.3) is 0 Å². The van der Waals surface area contributed by atoms with Gasteiger partial charge in [-0.3, -0.25) is 4.79 Å². The van der Waals surface area contributed by atoms with Crippen molar-refractivity contribution >= 4 is 5.91 Å². The first kappa shape index (κ1) is 18.4. The molecule has 0 aliphatic heterocycles. The van der Waals surface area contributed by atoms with E-state index >= 15 is 0 Å². The fourth-order valence-electron chi connectivity index (χ4n) is 1.90. The van der Waals surface area contributed by atoms with E-state index in [9.17, 15) is 4.79 Å². The number of nitrogens with two attached hydrogens (primary N) is 1. The van der Waals surface area contributed by atoms with Crippen molar-refractivity contribution in [2.45, 2.75) is 53.4 Å². The Morgan fingerprint density at radius 1 is 1.26 bits per heavy atom. The summed E-state index contributed by atoms with van der Waals surface area (Å²) in [6.45, 7) is 11.2. The van der Waals surface area contributed by atoms with Gasteiger partial charge in [-0.05, 0) is 24.7 Å². The van der Waals surface area contributed by atoms with Gasteiger partial charge < -0.3 is 15.8 Å². The Labute approximate surface area is 118 Å². The largest absolute Gasteiger partial charge is 0.381 e. The van der Waals surface area contributed by atoms with Gasteiger partial charge in [-0.15, -0.1) is 0 Å². The molecule has 0 fully saturated rings. The summed E-state index contributed by atoms with van der Waals surface area (Å²) in [7, 11) is 0. The number of unbranched alkanes of at least 4 members (excludes halogenated alkanes) is 1. The molecule has 0 saturated carbocycles. The number of hydrogen-bond donors (Lipinski definition) is 2. The number of rotatable bonds is 10. The molecule has 0 bridgehead atoms. The molecule has 0 spiro atoms. The van der Waals surface area contributed by atoms with E-state index in [1.165, 1.54) is 0 Å². The smallest absolute Gasteiger partial charge is 0.224 e. The summed E-state index contributed by atoms with van der Waals surface area (Å²) >= 11 is 0. The van der Waals surface area contributed by atoms with Gasteiger partial charge in [0.15, 0.2) is 0 Å². The highest BCUT2D eigenvalue weighted by atomic mass is 16.5. The zero-order valence-corrected chi connectivity index (χ0v) is 13.1. The molecule has 0 saturated heterocycles. The van der Waals surface area contributed by atoms with Crippen LogP contribution in [0.15, 0.2) is 0 Å². The minimum absolute atomic E-state index is 0.0750. The Kier molecular flexibility index (Phi) is 9.88. The highest BCUT2D eigenvalue weighted by Crippen LogP contribution is 2.23. The minimum atomic E-state index is -0.0824. The lowest BCUT2D eigenvalue weighted by Crippen LogP contribution is -2.37. The van der Waals surface area contributed by atoms with Gasteiger partial charge in [-0.25, -0.2) is 0 Å². The molecule has 0 aromatic carbocycles. The topological polar surface area (TPSA) is 64.3 Å². The van der Waals surface area contributed by atoms with Gasteiger partial charge in [0.25, 0.3) is 0 Å². The fraction of sp³-hybridized carbons (Fsp3) is 0.933. The molecule has 0 rings (SSSR count). The average Bonchev–Trinajstić information content (AvgIpc) is 2.33. The van der Waals surface area contributed by atoms with Gasteiger partial charge in [0, 0.05) is 26.3 Å². The van der Waals surface area contributed by atoms with E-state index in [-0.39, 0.29) is 17.2 Å². The molecular formula is C15H32N2O2. The maximum absolute atomic E-state index is 12.0. The zero-order valence-electron chi connectivity index (χ0n) is 13.1. The van der Waals surface area contributed by atoms with E-state index in [0.717, 1.165) is 32.3 Å². The number of nitrogens with one attached hydrogen (secondary N) is 1. The maximum atomic E-state index is 12.0. The standard InChI is InChI=1S/C15H32N2O2/c1-5-6-9-19-10-7-8-17-14(18)13(12-16)11-15(2,3)4/h13H,5-12,16H2,1-4H3,(H,17,18). The Bertz CT molecular complexity index is 237. The summed E-state index contributed by atoms with van der Waals surface area (Å²) in [4.78, 5) is 12.0. The van der Waals surface area contributed by atoms with Crippen molar-refractivity contribution in [1.29, 1.82) is 0 Å². The molecule has 1 unspecified atom stereocenters. The van der Waals surface area contributed by atoms with Gasteiger partial charge in [-0.2, -0.15) is 0 Å². The van der Waals surface area contributed by atoms with Crippen molar-refractivity contribution in [2.75, 3.05) is 26.3 Å². The van der Waals surface area contributed by atoms with Gasteiger partial charge in [-0.1, -0.05) is 34.1 Å². The molecule has 0 heterocycles.